The third-order valence-corrected chi connectivity index (χ3v) is 2.50. The molecule has 1 heterocycles. The van der Waals surface area contributed by atoms with Crippen LogP contribution in [0.1, 0.15) is 24.6 Å². The Morgan fingerprint density at radius 3 is 2.62 bits per heavy atom. The number of halogens is 2. The minimum atomic E-state index is -0.257. The molecule has 0 N–H and O–H groups in total. The quantitative estimate of drug-likeness (QED) is 0.476. The van der Waals surface area contributed by atoms with Crippen molar-refractivity contribution in [2.45, 2.75) is 26.7 Å². The molecule has 0 fully saturated rings. The van der Waals surface area contributed by atoms with E-state index in [-0.39, 0.29) is 17.7 Å². The number of rotatable bonds is 4. The second kappa shape index (κ2) is 6.01. The molecule has 0 atom stereocenters. The van der Waals surface area contributed by atoms with Crippen molar-refractivity contribution in [2.75, 3.05) is 6.61 Å². The van der Waals surface area contributed by atoms with E-state index in [4.69, 9.17) is 27.9 Å². The molecule has 1 rings (SSSR count). The fourth-order valence-electron chi connectivity index (χ4n) is 1.27. The summed E-state index contributed by atoms with van der Waals surface area (Å²) in [4.78, 5) is 19.0. The summed E-state index contributed by atoms with van der Waals surface area (Å²) in [7, 11) is 0. The summed E-state index contributed by atoms with van der Waals surface area (Å²) in [5, 5.41) is 0.407. The Kier molecular flexibility index (Phi) is 4.96. The van der Waals surface area contributed by atoms with Gasteiger partial charge in [-0.05, 0) is 31.9 Å². The lowest BCUT2D eigenvalue weighted by molar-refractivity contribution is -0.143. The predicted molar refractivity (Wildman–Crippen MR) is 61.7 cm³/mol. The van der Waals surface area contributed by atoms with Crippen molar-refractivity contribution in [2.24, 2.45) is 0 Å². The molecule has 1 aromatic rings. The third kappa shape index (κ3) is 3.61. The van der Waals surface area contributed by atoms with Crippen molar-refractivity contribution < 1.29 is 9.53 Å². The van der Waals surface area contributed by atoms with E-state index >= 15 is 0 Å². The molecule has 0 unspecified atom stereocenters. The van der Waals surface area contributed by atoms with Gasteiger partial charge in [-0.25, -0.2) is 9.97 Å². The molecular weight excluding hydrogens is 251 g/mol. The second-order valence-corrected chi connectivity index (χ2v) is 3.85. The number of carbonyl (C=O) groups excluding carboxylic acids is 1. The summed E-state index contributed by atoms with van der Waals surface area (Å²) in [6.45, 7) is 3.92. The molecule has 6 heteroatoms. The van der Waals surface area contributed by atoms with Gasteiger partial charge in [0.2, 0.25) is 5.28 Å². The van der Waals surface area contributed by atoms with E-state index in [2.05, 4.69) is 9.97 Å². The van der Waals surface area contributed by atoms with Crippen molar-refractivity contribution in [3.63, 3.8) is 0 Å². The number of aromatic nitrogens is 2. The van der Waals surface area contributed by atoms with Crippen LogP contribution in [-0.2, 0) is 16.0 Å². The average Bonchev–Trinajstić information content (AvgIpc) is 2.16. The van der Waals surface area contributed by atoms with E-state index in [0.29, 0.717) is 23.9 Å². The number of ether oxygens (including phenoxy) is 1. The Morgan fingerprint density at radius 2 is 2.06 bits per heavy atom. The Hall–Kier alpha value is -0.870. The Morgan fingerprint density at radius 1 is 1.38 bits per heavy atom. The summed E-state index contributed by atoms with van der Waals surface area (Å²) in [6.07, 6.45) is 0.722. The van der Waals surface area contributed by atoms with Crippen LogP contribution in [0.3, 0.4) is 0 Å². The molecule has 0 aromatic carbocycles. The van der Waals surface area contributed by atoms with Crippen LogP contribution in [0.2, 0.25) is 10.4 Å². The topological polar surface area (TPSA) is 52.1 Å². The largest absolute Gasteiger partial charge is 0.466 e. The Balaban J connectivity index is 2.70. The molecule has 0 radical (unpaired) electrons. The summed E-state index contributed by atoms with van der Waals surface area (Å²) in [6, 6.07) is 0. The number of aryl methyl sites for hydroxylation is 1. The van der Waals surface area contributed by atoms with E-state index in [1.54, 1.807) is 13.8 Å². The highest BCUT2D eigenvalue weighted by Gasteiger charge is 2.11. The maximum Gasteiger partial charge on any atom is 0.306 e. The van der Waals surface area contributed by atoms with Crippen LogP contribution in [0.25, 0.3) is 0 Å². The first-order valence-corrected chi connectivity index (χ1v) is 5.64. The smallest absolute Gasteiger partial charge is 0.306 e. The number of hydrogen-bond acceptors (Lipinski definition) is 4. The van der Waals surface area contributed by atoms with Crippen molar-refractivity contribution in [3.8, 4) is 0 Å². The van der Waals surface area contributed by atoms with Gasteiger partial charge in [0.05, 0.1) is 6.61 Å². The van der Waals surface area contributed by atoms with E-state index in [0.717, 1.165) is 5.56 Å². The van der Waals surface area contributed by atoms with Crippen LogP contribution in [0.15, 0.2) is 0 Å². The first-order chi connectivity index (χ1) is 7.54. The van der Waals surface area contributed by atoms with Crippen molar-refractivity contribution in [1.82, 2.24) is 9.97 Å². The van der Waals surface area contributed by atoms with Gasteiger partial charge < -0.3 is 4.74 Å². The first kappa shape index (κ1) is 13.2. The zero-order valence-corrected chi connectivity index (χ0v) is 10.6. The van der Waals surface area contributed by atoms with Gasteiger partial charge in [-0.1, -0.05) is 11.6 Å². The maximum atomic E-state index is 11.2. The highest BCUT2D eigenvalue weighted by molar-refractivity contribution is 6.32. The van der Waals surface area contributed by atoms with Gasteiger partial charge in [0.15, 0.2) is 0 Å². The molecule has 16 heavy (non-hydrogen) atoms. The van der Waals surface area contributed by atoms with Gasteiger partial charge in [-0.2, -0.15) is 0 Å². The average molecular weight is 263 g/mol. The highest BCUT2D eigenvalue weighted by Crippen LogP contribution is 2.20. The number of hydrogen-bond donors (Lipinski definition) is 0. The lowest BCUT2D eigenvalue weighted by Gasteiger charge is -2.06. The fourth-order valence-corrected chi connectivity index (χ4v) is 1.84. The number of carbonyl (C=O) groups is 1. The molecule has 0 saturated carbocycles. The number of nitrogens with zero attached hydrogens (tertiary/aromatic N) is 2. The second-order valence-electron chi connectivity index (χ2n) is 3.15. The lowest BCUT2D eigenvalue weighted by atomic mass is 10.1. The van der Waals surface area contributed by atoms with Crippen LogP contribution < -0.4 is 0 Å². The minimum Gasteiger partial charge on any atom is -0.466 e. The monoisotopic (exact) mass is 262 g/mol. The lowest BCUT2D eigenvalue weighted by Crippen LogP contribution is -2.07. The van der Waals surface area contributed by atoms with E-state index in [1.165, 1.54) is 0 Å². The SMILES string of the molecule is CCOC(=O)CCc1c(C)nc(Cl)nc1Cl. The molecule has 1 aromatic heterocycles. The molecule has 0 spiro atoms. The zero-order valence-electron chi connectivity index (χ0n) is 9.09. The fraction of sp³-hybridized carbons (Fsp3) is 0.500. The summed E-state index contributed by atoms with van der Waals surface area (Å²) in [5.41, 5.74) is 1.42. The molecular formula is C10H12Cl2N2O2. The number of esters is 1. The zero-order chi connectivity index (χ0) is 12.1. The van der Waals surface area contributed by atoms with Gasteiger partial charge in [-0.3, -0.25) is 4.79 Å². The summed E-state index contributed by atoms with van der Waals surface area (Å²) >= 11 is 11.5. The molecule has 0 bridgehead atoms. The van der Waals surface area contributed by atoms with Crippen molar-refractivity contribution in [3.05, 3.63) is 21.7 Å². The van der Waals surface area contributed by atoms with E-state index in [1.807, 2.05) is 0 Å². The van der Waals surface area contributed by atoms with Gasteiger partial charge in [0.1, 0.15) is 5.15 Å². The minimum absolute atomic E-state index is 0.113. The van der Waals surface area contributed by atoms with Gasteiger partial charge >= 0.3 is 5.97 Å². The maximum absolute atomic E-state index is 11.2. The van der Waals surface area contributed by atoms with Crippen molar-refractivity contribution >= 4 is 29.2 Å². The van der Waals surface area contributed by atoms with Crippen LogP contribution in [0.4, 0.5) is 0 Å². The van der Waals surface area contributed by atoms with Crippen molar-refractivity contribution in [1.29, 1.82) is 0 Å². The van der Waals surface area contributed by atoms with Crippen LogP contribution in [0, 0.1) is 6.92 Å². The highest BCUT2D eigenvalue weighted by atomic mass is 35.5. The Labute approximate surface area is 104 Å². The molecule has 0 saturated heterocycles. The Bertz CT molecular complexity index is 373. The first-order valence-electron chi connectivity index (χ1n) is 4.88. The molecule has 0 aliphatic carbocycles. The normalized spacial score (nSPS) is 10.2. The summed E-state index contributed by atoms with van der Waals surface area (Å²) < 4.78 is 4.82. The van der Waals surface area contributed by atoms with E-state index < -0.39 is 0 Å². The molecule has 4 nitrogen and oxygen atoms in total. The van der Waals surface area contributed by atoms with Gasteiger partial charge in [0.25, 0.3) is 0 Å². The third-order valence-electron chi connectivity index (χ3n) is 2.02. The molecule has 0 aliphatic heterocycles. The molecule has 0 aliphatic rings. The van der Waals surface area contributed by atoms with Gasteiger partial charge in [-0.15, -0.1) is 0 Å². The van der Waals surface area contributed by atoms with Crippen LogP contribution >= 0.6 is 23.2 Å². The van der Waals surface area contributed by atoms with E-state index in [9.17, 15) is 4.79 Å². The van der Waals surface area contributed by atoms with Gasteiger partial charge in [0, 0.05) is 17.7 Å². The standard InChI is InChI=1S/C10H12Cl2N2O2/c1-3-16-8(15)5-4-7-6(2)13-10(12)14-9(7)11/h3-5H2,1-2H3. The van der Waals surface area contributed by atoms with Crippen LogP contribution in [0.5, 0.6) is 0 Å². The predicted octanol–water partition coefficient (Wildman–Crippen LogP) is 2.59. The molecule has 0 amide bonds. The summed E-state index contributed by atoms with van der Waals surface area (Å²) in [5.74, 6) is -0.257. The van der Waals surface area contributed by atoms with Crippen LogP contribution in [-0.4, -0.2) is 22.5 Å². The molecule has 88 valence electrons.